The normalized spacial score (nSPS) is 26.3. The van der Waals surface area contributed by atoms with Crippen LogP contribution in [0.4, 0.5) is 5.69 Å². The van der Waals surface area contributed by atoms with Gasteiger partial charge in [-0.25, -0.2) is 0 Å². The summed E-state index contributed by atoms with van der Waals surface area (Å²) in [7, 11) is 0. The molecule has 6 aromatic rings. The number of rotatable bonds is 0. The summed E-state index contributed by atoms with van der Waals surface area (Å²) in [6.07, 6.45) is 18.5. The molecule has 2 nitrogen and oxygen atoms in total. The SMILES string of the molecule is C=C1/C=C\C=C2\c3ccccc3N2C2=CC3c4cc5c(cc4C4(c6ccccc6-c6ccccc64)C3CC12)c1cccc2c1n5C1CC=CC=C21. The van der Waals surface area contributed by atoms with Crippen LogP contribution in [0.1, 0.15) is 58.2 Å². The summed E-state index contributed by atoms with van der Waals surface area (Å²) in [6.45, 7) is 4.75. The first-order valence-corrected chi connectivity index (χ1v) is 18.6. The molecule has 0 saturated carbocycles. The molecule has 51 heavy (non-hydrogen) atoms. The van der Waals surface area contributed by atoms with Crippen molar-refractivity contribution in [3.63, 3.8) is 0 Å². The maximum absolute atomic E-state index is 4.75. The first kappa shape index (κ1) is 26.9. The van der Waals surface area contributed by atoms with Crippen molar-refractivity contribution in [3.05, 3.63) is 197 Å². The molecule has 7 aliphatic rings. The predicted octanol–water partition coefficient (Wildman–Crippen LogP) is 11.6. The van der Waals surface area contributed by atoms with Crippen LogP contribution < -0.4 is 4.90 Å². The Labute approximate surface area is 297 Å². The Morgan fingerprint density at radius 2 is 1.47 bits per heavy atom. The van der Waals surface area contributed by atoms with E-state index in [0.29, 0.717) is 12.0 Å². The minimum atomic E-state index is -0.254. The number of allylic oxidation sites excluding steroid dienone is 9. The molecule has 4 aliphatic carbocycles. The molecule has 240 valence electrons. The molecule has 1 spiro atoms. The van der Waals surface area contributed by atoms with E-state index in [2.05, 4.69) is 155 Å². The Morgan fingerprint density at radius 1 is 0.706 bits per heavy atom. The molecule has 4 unspecified atom stereocenters. The number of anilines is 1. The summed E-state index contributed by atoms with van der Waals surface area (Å²) in [4.78, 5) is 2.55. The number of para-hydroxylation sites is 2. The highest BCUT2D eigenvalue weighted by Gasteiger charge is 2.60. The lowest BCUT2D eigenvalue weighted by Gasteiger charge is -2.48. The van der Waals surface area contributed by atoms with Crippen molar-refractivity contribution >= 4 is 38.8 Å². The third-order valence-electron chi connectivity index (χ3n) is 13.6. The van der Waals surface area contributed by atoms with Gasteiger partial charge in [-0.05, 0) is 87.6 Å². The fraction of sp³-hybridized carbons (Fsp3) is 0.143. The monoisotopic (exact) mass is 650 g/mol. The molecule has 0 saturated heterocycles. The van der Waals surface area contributed by atoms with E-state index in [4.69, 9.17) is 6.58 Å². The van der Waals surface area contributed by atoms with Crippen molar-refractivity contribution < 1.29 is 0 Å². The Kier molecular flexibility index (Phi) is 4.79. The van der Waals surface area contributed by atoms with E-state index in [0.717, 1.165) is 12.8 Å². The third kappa shape index (κ3) is 2.98. The third-order valence-corrected chi connectivity index (χ3v) is 13.6. The van der Waals surface area contributed by atoms with Gasteiger partial charge in [0, 0.05) is 39.4 Å². The zero-order chi connectivity index (χ0) is 33.2. The van der Waals surface area contributed by atoms with Gasteiger partial charge in [-0.15, -0.1) is 0 Å². The molecule has 13 rings (SSSR count). The van der Waals surface area contributed by atoms with E-state index in [1.807, 2.05) is 0 Å². The number of aromatic nitrogens is 1. The number of nitrogens with zero attached hydrogens (tertiary/aromatic N) is 2. The number of fused-ring (bicyclic) bond motifs is 22. The van der Waals surface area contributed by atoms with Gasteiger partial charge in [-0.2, -0.15) is 0 Å². The second-order valence-corrected chi connectivity index (χ2v) is 15.6. The molecule has 4 heterocycles. The molecule has 0 N–H and O–H groups in total. The lowest BCUT2D eigenvalue weighted by Crippen LogP contribution is -2.41. The maximum Gasteiger partial charge on any atom is 0.0633 e. The molecule has 4 atom stereocenters. The van der Waals surface area contributed by atoms with Gasteiger partial charge in [0.1, 0.15) is 0 Å². The van der Waals surface area contributed by atoms with Crippen LogP contribution in [-0.4, -0.2) is 4.57 Å². The zero-order valence-corrected chi connectivity index (χ0v) is 28.2. The van der Waals surface area contributed by atoms with Gasteiger partial charge in [0.25, 0.3) is 0 Å². The minimum absolute atomic E-state index is 0.223. The van der Waals surface area contributed by atoms with Crippen LogP contribution in [0.2, 0.25) is 0 Å². The lowest BCUT2D eigenvalue weighted by atomic mass is 9.61. The second-order valence-electron chi connectivity index (χ2n) is 15.6. The standard InChI is InChI=1S/C49H34N2/c1-28-12-10-23-45-34-16-5-9-22-44(34)50(45)46-26-36-37-27-47-38(33-18-11-17-32-31-15-4-8-21-43(31)51(47)48(32)33)25-42(37)49(41(36)24-35(28)46)39-19-6-2-13-29(39)30-14-3-7-20-40(30)49/h2-20,22-23,25-27,35-36,41,43H,1,21,24H2/b12-10-,45-23-. The summed E-state index contributed by atoms with van der Waals surface area (Å²) in [5, 5.41) is 2.78. The number of benzene rings is 5. The summed E-state index contributed by atoms with van der Waals surface area (Å²) < 4.78 is 2.69. The average molecular weight is 651 g/mol. The Bertz CT molecular complexity index is 2760. The predicted molar refractivity (Wildman–Crippen MR) is 210 cm³/mol. The molecule has 0 amide bonds. The minimum Gasteiger partial charge on any atom is -0.332 e. The van der Waals surface area contributed by atoms with Gasteiger partial charge in [0.15, 0.2) is 0 Å². The number of hydrogen-bond acceptors (Lipinski definition) is 1. The van der Waals surface area contributed by atoms with Crippen LogP contribution in [0.5, 0.6) is 0 Å². The van der Waals surface area contributed by atoms with Gasteiger partial charge in [0.2, 0.25) is 0 Å². The van der Waals surface area contributed by atoms with Crippen LogP contribution in [0.25, 0.3) is 44.2 Å². The summed E-state index contributed by atoms with van der Waals surface area (Å²) in [5.74, 6) is 0.827. The maximum atomic E-state index is 4.75. The van der Waals surface area contributed by atoms with Gasteiger partial charge < -0.3 is 9.47 Å². The fourth-order valence-electron chi connectivity index (χ4n) is 11.8. The van der Waals surface area contributed by atoms with E-state index in [9.17, 15) is 0 Å². The van der Waals surface area contributed by atoms with Crippen LogP contribution in [0.15, 0.2) is 164 Å². The van der Waals surface area contributed by atoms with E-state index < -0.39 is 0 Å². The quantitative estimate of drug-likeness (QED) is 0.159. The van der Waals surface area contributed by atoms with Crippen molar-refractivity contribution in [2.75, 3.05) is 4.90 Å². The average Bonchev–Trinajstić information content (AvgIpc) is 3.86. The smallest absolute Gasteiger partial charge is 0.0633 e. The van der Waals surface area contributed by atoms with Crippen LogP contribution in [0, 0.1) is 11.8 Å². The van der Waals surface area contributed by atoms with Crippen molar-refractivity contribution in [2.45, 2.75) is 30.2 Å². The van der Waals surface area contributed by atoms with E-state index in [1.54, 1.807) is 0 Å². The first-order valence-electron chi connectivity index (χ1n) is 18.6. The molecule has 0 fully saturated rings. The lowest BCUT2D eigenvalue weighted by molar-refractivity contribution is 0.312. The van der Waals surface area contributed by atoms with Crippen molar-refractivity contribution in [2.24, 2.45) is 11.8 Å². The first-order chi connectivity index (χ1) is 25.2. The van der Waals surface area contributed by atoms with Crippen molar-refractivity contribution in [1.82, 2.24) is 4.57 Å². The van der Waals surface area contributed by atoms with E-state index in [1.165, 1.54) is 94.5 Å². The number of hydrogen-bond donors (Lipinski definition) is 0. The largest absolute Gasteiger partial charge is 0.332 e. The summed E-state index contributed by atoms with van der Waals surface area (Å²) >= 11 is 0. The zero-order valence-electron chi connectivity index (χ0n) is 28.2. The highest BCUT2D eigenvalue weighted by atomic mass is 15.2. The summed E-state index contributed by atoms with van der Waals surface area (Å²) in [5.41, 5.74) is 20.7. The molecule has 5 aromatic carbocycles. The molecule has 0 bridgehead atoms. The van der Waals surface area contributed by atoms with Crippen LogP contribution >= 0.6 is 0 Å². The Morgan fingerprint density at radius 3 is 2.31 bits per heavy atom. The molecular weight excluding hydrogens is 617 g/mol. The van der Waals surface area contributed by atoms with Gasteiger partial charge >= 0.3 is 0 Å². The topological polar surface area (TPSA) is 8.17 Å². The van der Waals surface area contributed by atoms with Crippen molar-refractivity contribution in [3.8, 4) is 11.1 Å². The van der Waals surface area contributed by atoms with Crippen LogP contribution in [0.3, 0.4) is 0 Å². The highest BCUT2D eigenvalue weighted by molar-refractivity contribution is 6.15. The van der Waals surface area contributed by atoms with Crippen LogP contribution in [-0.2, 0) is 5.41 Å². The van der Waals surface area contributed by atoms with E-state index >= 15 is 0 Å². The Hall–Kier alpha value is -5.86. The highest BCUT2D eigenvalue weighted by Crippen LogP contribution is 2.69. The Balaban J connectivity index is 1.15. The van der Waals surface area contributed by atoms with Gasteiger partial charge in [0.05, 0.1) is 33.9 Å². The van der Waals surface area contributed by atoms with Crippen molar-refractivity contribution in [1.29, 1.82) is 0 Å². The van der Waals surface area contributed by atoms with E-state index in [-0.39, 0.29) is 17.3 Å². The molecule has 0 radical (unpaired) electrons. The molecule has 3 aliphatic heterocycles. The molecular formula is C49H34N2. The van der Waals surface area contributed by atoms with Gasteiger partial charge in [-0.3, -0.25) is 0 Å². The molecule has 1 aromatic heterocycles. The summed E-state index contributed by atoms with van der Waals surface area (Å²) in [6, 6.07) is 40.2. The fourth-order valence-corrected chi connectivity index (χ4v) is 11.8. The molecule has 2 heteroatoms. The second kappa shape index (κ2) is 9.08. The van der Waals surface area contributed by atoms with Gasteiger partial charge in [-0.1, -0.05) is 128 Å².